The van der Waals surface area contributed by atoms with Crippen LogP contribution < -0.4 is 5.32 Å². The zero-order chi connectivity index (χ0) is 23.3. The van der Waals surface area contributed by atoms with E-state index in [0.717, 1.165) is 0 Å². The lowest BCUT2D eigenvalue weighted by molar-refractivity contribution is -0.121. The van der Waals surface area contributed by atoms with Crippen LogP contribution in [0.1, 0.15) is 32.3 Å². The predicted molar refractivity (Wildman–Crippen MR) is 125 cm³/mol. The van der Waals surface area contributed by atoms with E-state index in [9.17, 15) is 17.6 Å². The van der Waals surface area contributed by atoms with Crippen LogP contribution in [-0.4, -0.2) is 49.7 Å². The molecular weight excluding hydrogens is 453 g/mol. The van der Waals surface area contributed by atoms with E-state index < -0.39 is 10.0 Å². The highest BCUT2D eigenvalue weighted by atomic mass is 35.5. The van der Waals surface area contributed by atoms with Crippen LogP contribution in [0.5, 0.6) is 0 Å². The summed E-state index contributed by atoms with van der Waals surface area (Å²) >= 11 is 6.12. The van der Waals surface area contributed by atoms with Gasteiger partial charge in [0, 0.05) is 41.8 Å². The van der Waals surface area contributed by atoms with Crippen LogP contribution in [0.2, 0.25) is 5.02 Å². The Kier molecular flexibility index (Phi) is 8.27. The van der Waals surface area contributed by atoms with Crippen LogP contribution in [0.15, 0.2) is 47.4 Å². The number of amides is 1. The fourth-order valence-electron chi connectivity index (χ4n) is 3.93. The van der Waals surface area contributed by atoms with Crippen molar-refractivity contribution in [3.05, 3.63) is 58.9 Å². The largest absolute Gasteiger partial charge is 0.326 e. The Hall–Kier alpha value is -2.00. The number of anilines is 1. The van der Waals surface area contributed by atoms with E-state index in [0.29, 0.717) is 61.8 Å². The van der Waals surface area contributed by atoms with E-state index in [1.165, 1.54) is 22.5 Å². The molecule has 6 nitrogen and oxygen atoms in total. The fourth-order valence-corrected chi connectivity index (χ4v) is 5.61. The minimum atomic E-state index is -3.53. The normalized spacial score (nSPS) is 15.8. The number of piperidine rings is 1. The number of likely N-dealkylation sites (tertiary alicyclic amines) is 1. The summed E-state index contributed by atoms with van der Waals surface area (Å²) in [5.41, 5.74) is 1.05. The van der Waals surface area contributed by atoms with E-state index in [4.69, 9.17) is 11.6 Å². The molecule has 2 aromatic rings. The molecule has 174 valence electrons. The van der Waals surface area contributed by atoms with Gasteiger partial charge in [-0.2, -0.15) is 4.31 Å². The van der Waals surface area contributed by atoms with Crippen LogP contribution in [0.4, 0.5) is 10.1 Å². The maximum atomic E-state index is 14.0. The molecule has 0 aliphatic carbocycles. The summed E-state index contributed by atoms with van der Waals surface area (Å²) in [7, 11) is -3.53. The van der Waals surface area contributed by atoms with E-state index >= 15 is 0 Å². The highest BCUT2D eigenvalue weighted by Gasteiger charge is 2.26. The average molecular weight is 482 g/mol. The summed E-state index contributed by atoms with van der Waals surface area (Å²) < 4.78 is 40.6. The maximum Gasteiger partial charge on any atom is 0.243 e. The number of rotatable bonds is 8. The standard InChI is InChI=1S/C23H29ClFN3O3S/c1-3-28(4-2)32(30,31)19-10-8-18(9-11-19)26-23(29)17-12-14-27(15-13-17)16-20-21(24)6-5-7-22(20)25/h5-11,17H,3-4,12-16H2,1-2H3,(H,26,29). The van der Waals surface area contributed by atoms with Gasteiger partial charge in [-0.15, -0.1) is 0 Å². The van der Waals surface area contributed by atoms with E-state index in [1.807, 2.05) is 0 Å². The summed E-state index contributed by atoms with van der Waals surface area (Å²) in [4.78, 5) is 15.0. The molecule has 1 N–H and O–H groups in total. The molecule has 1 aliphatic heterocycles. The quantitative estimate of drug-likeness (QED) is 0.608. The number of nitrogens with zero attached hydrogens (tertiary/aromatic N) is 2. The molecule has 0 aromatic heterocycles. The Morgan fingerprint density at radius 3 is 2.31 bits per heavy atom. The summed E-state index contributed by atoms with van der Waals surface area (Å²) in [6.07, 6.45) is 1.32. The van der Waals surface area contributed by atoms with Gasteiger partial charge in [0.15, 0.2) is 0 Å². The van der Waals surface area contributed by atoms with Gasteiger partial charge >= 0.3 is 0 Å². The third-order valence-electron chi connectivity index (χ3n) is 5.87. The number of benzene rings is 2. The van der Waals surface area contributed by atoms with Gasteiger partial charge in [0.25, 0.3) is 0 Å². The highest BCUT2D eigenvalue weighted by molar-refractivity contribution is 7.89. The van der Waals surface area contributed by atoms with Gasteiger partial charge in [-0.1, -0.05) is 31.5 Å². The molecule has 0 bridgehead atoms. The van der Waals surface area contributed by atoms with Crippen LogP contribution in [-0.2, 0) is 21.4 Å². The molecule has 0 saturated carbocycles. The molecule has 1 heterocycles. The fraction of sp³-hybridized carbons (Fsp3) is 0.435. The Morgan fingerprint density at radius 1 is 1.12 bits per heavy atom. The van der Waals surface area contributed by atoms with Gasteiger partial charge in [-0.25, -0.2) is 12.8 Å². The molecule has 1 amide bonds. The lowest BCUT2D eigenvalue weighted by Gasteiger charge is -2.31. The Bertz CT molecular complexity index is 1010. The van der Waals surface area contributed by atoms with Crippen molar-refractivity contribution in [3.63, 3.8) is 0 Å². The van der Waals surface area contributed by atoms with Gasteiger partial charge in [-0.3, -0.25) is 9.69 Å². The summed E-state index contributed by atoms with van der Waals surface area (Å²) in [6.45, 7) is 6.16. The average Bonchev–Trinajstić information content (AvgIpc) is 2.78. The first-order chi connectivity index (χ1) is 15.3. The summed E-state index contributed by atoms with van der Waals surface area (Å²) in [6, 6.07) is 10.9. The zero-order valence-corrected chi connectivity index (χ0v) is 19.9. The van der Waals surface area contributed by atoms with Gasteiger partial charge in [0.1, 0.15) is 5.82 Å². The van der Waals surface area contributed by atoms with E-state index in [2.05, 4.69) is 10.2 Å². The molecule has 1 saturated heterocycles. The number of carbonyl (C=O) groups excluding carboxylic acids is 1. The first-order valence-corrected chi connectivity index (χ1v) is 12.6. The van der Waals surface area contributed by atoms with Crippen molar-refractivity contribution in [2.45, 2.75) is 38.1 Å². The molecular formula is C23H29ClFN3O3S. The second-order valence-corrected chi connectivity index (χ2v) is 10.2. The Labute approximate surface area is 194 Å². The SMILES string of the molecule is CCN(CC)S(=O)(=O)c1ccc(NC(=O)C2CCN(Cc3c(F)cccc3Cl)CC2)cc1. The van der Waals surface area contributed by atoms with Crippen molar-refractivity contribution in [3.8, 4) is 0 Å². The molecule has 1 aliphatic rings. The van der Waals surface area contributed by atoms with E-state index in [1.54, 1.807) is 38.1 Å². The molecule has 2 aromatic carbocycles. The van der Waals surface area contributed by atoms with Crippen LogP contribution in [0, 0.1) is 11.7 Å². The lowest BCUT2D eigenvalue weighted by Crippen LogP contribution is -2.38. The number of halogens is 2. The molecule has 0 spiro atoms. The number of nitrogens with one attached hydrogen (secondary N) is 1. The van der Waals surface area contributed by atoms with Gasteiger partial charge in [0.05, 0.1) is 4.90 Å². The smallest absolute Gasteiger partial charge is 0.243 e. The number of carbonyl (C=O) groups is 1. The third-order valence-corrected chi connectivity index (χ3v) is 8.29. The van der Waals surface area contributed by atoms with E-state index in [-0.39, 0.29) is 22.5 Å². The molecule has 32 heavy (non-hydrogen) atoms. The predicted octanol–water partition coefficient (Wildman–Crippen LogP) is 4.36. The Balaban J connectivity index is 1.55. The van der Waals surface area contributed by atoms with Crippen molar-refractivity contribution < 1.29 is 17.6 Å². The van der Waals surface area contributed by atoms with Crippen LogP contribution in [0.3, 0.4) is 0 Å². The van der Waals surface area contributed by atoms with Crippen molar-refractivity contribution in [2.24, 2.45) is 5.92 Å². The molecule has 9 heteroatoms. The van der Waals surface area contributed by atoms with Crippen molar-refractivity contribution >= 4 is 33.2 Å². The third kappa shape index (κ3) is 5.67. The number of hydrogen-bond donors (Lipinski definition) is 1. The lowest BCUT2D eigenvalue weighted by atomic mass is 9.95. The minimum Gasteiger partial charge on any atom is -0.326 e. The van der Waals surface area contributed by atoms with Crippen molar-refractivity contribution in [1.29, 1.82) is 0 Å². The van der Waals surface area contributed by atoms with Crippen molar-refractivity contribution in [2.75, 3.05) is 31.5 Å². The minimum absolute atomic E-state index is 0.0899. The van der Waals surface area contributed by atoms with Crippen LogP contribution >= 0.6 is 11.6 Å². The summed E-state index contributed by atoms with van der Waals surface area (Å²) in [5, 5.41) is 3.30. The number of sulfonamides is 1. The number of hydrogen-bond acceptors (Lipinski definition) is 4. The molecule has 0 radical (unpaired) electrons. The second kappa shape index (κ2) is 10.7. The first-order valence-electron chi connectivity index (χ1n) is 10.8. The first kappa shape index (κ1) is 24.6. The molecule has 3 rings (SSSR count). The second-order valence-electron chi connectivity index (χ2n) is 7.85. The maximum absolute atomic E-state index is 14.0. The van der Waals surface area contributed by atoms with Gasteiger partial charge in [0.2, 0.25) is 15.9 Å². The highest BCUT2D eigenvalue weighted by Crippen LogP contribution is 2.25. The molecule has 0 atom stereocenters. The monoisotopic (exact) mass is 481 g/mol. The van der Waals surface area contributed by atoms with Crippen LogP contribution in [0.25, 0.3) is 0 Å². The Morgan fingerprint density at radius 2 is 1.75 bits per heavy atom. The molecule has 0 unspecified atom stereocenters. The summed E-state index contributed by atoms with van der Waals surface area (Å²) in [5.74, 6) is -0.557. The van der Waals surface area contributed by atoms with Gasteiger partial charge in [-0.05, 0) is 62.3 Å². The zero-order valence-electron chi connectivity index (χ0n) is 18.4. The van der Waals surface area contributed by atoms with Crippen molar-refractivity contribution in [1.82, 2.24) is 9.21 Å². The molecule has 1 fully saturated rings. The van der Waals surface area contributed by atoms with Gasteiger partial charge < -0.3 is 5.32 Å². The topological polar surface area (TPSA) is 69.7 Å².